The third-order valence-corrected chi connectivity index (χ3v) is 4.38. The zero-order valence-corrected chi connectivity index (χ0v) is 13.3. The Balaban J connectivity index is 1.66. The molecule has 0 spiro atoms. The highest BCUT2D eigenvalue weighted by Crippen LogP contribution is 2.33. The van der Waals surface area contributed by atoms with Crippen LogP contribution in [0.5, 0.6) is 0 Å². The van der Waals surface area contributed by atoms with Crippen molar-refractivity contribution < 1.29 is 18.0 Å². The number of hydrogen-bond acceptors (Lipinski definition) is 1. The molecule has 2 nitrogen and oxygen atoms in total. The van der Waals surface area contributed by atoms with Crippen molar-refractivity contribution in [1.82, 2.24) is 0 Å². The number of rotatable bonds is 3. The van der Waals surface area contributed by atoms with Gasteiger partial charge in [0.15, 0.2) is 0 Å². The summed E-state index contributed by atoms with van der Waals surface area (Å²) in [7, 11) is 0. The van der Waals surface area contributed by atoms with Crippen molar-refractivity contribution in [3.8, 4) is 0 Å². The average molecular weight is 333 g/mol. The molecule has 126 valence electrons. The molecule has 3 rings (SSSR count). The maximum absolute atomic E-state index is 12.6. The normalized spacial score (nSPS) is 17.0. The van der Waals surface area contributed by atoms with Gasteiger partial charge >= 0.3 is 6.18 Å². The molecule has 1 amide bonds. The van der Waals surface area contributed by atoms with Crippen LogP contribution in [0, 0.1) is 0 Å². The standard InChI is InChI=1S/C19H18F3NO/c1-13-12-15-4-2-3-5-17(15)23(13)18(24)11-8-14-6-9-16(10-7-14)19(20,21)22/h2-7,9-10,13H,8,11-12H2,1H3. The number of aryl methyl sites for hydroxylation is 1. The summed E-state index contributed by atoms with van der Waals surface area (Å²) in [4.78, 5) is 14.4. The number of halogens is 3. The first kappa shape index (κ1) is 16.6. The summed E-state index contributed by atoms with van der Waals surface area (Å²) < 4.78 is 37.7. The fraction of sp³-hybridized carbons (Fsp3) is 0.316. The van der Waals surface area contributed by atoms with Crippen LogP contribution in [0.4, 0.5) is 18.9 Å². The molecule has 0 saturated carbocycles. The lowest BCUT2D eigenvalue weighted by atomic mass is 10.1. The van der Waals surface area contributed by atoms with Crippen LogP contribution in [0.2, 0.25) is 0 Å². The summed E-state index contributed by atoms with van der Waals surface area (Å²) in [6.07, 6.45) is -2.78. The molecule has 1 unspecified atom stereocenters. The van der Waals surface area contributed by atoms with Crippen LogP contribution in [-0.4, -0.2) is 11.9 Å². The van der Waals surface area contributed by atoms with Gasteiger partial charge in [-0.25, -0.2) is 0 Å². The van der Waals surface area contributed by atoms with E-state index in [0.717, 1.165) is 35.4 Å². The van der Waals surface area contributed by atoms with Gasteiger partial charge in [-0.1, -0.05) is 30.3 Å². The number of carbonyl (C=O) groups is 1. The molecule has 1 aliphatic rings. The first-order valence-electron chi connectivity index (χ1n) is 7.92. The minimum Gasteiger partial charge on any atom is -0.309 e. The van der Waals surface area contributed by atoms with Gasteiger partial charge in [-0.3, -0.25) is 4.79 Å². The van der Waals surface area contributed by atoms with Crippen LogP contribution in [0.25, 0.3) is 0 Å². The van der Waals surface area contributed by atoms with Crippen molar-refractivity contribution in [3.63, 3.8) is 0 Å². The van der Waals surface area contributed by atoms with Gasteiger partial charge < -0.3 is 4.90 Å². The molecule has 5 heteroatoms. The van der Waals surface area contributed by atoms with Crippen LogP contribution in [0.3, 0.4) is 0 Å². The lowest BCUT2D eigenvalue weighted by molar-refractivity contribution is -0.137. The Morgan fingerprint density at radius 3 is 2.46 bits per heavy atom. The van der Waals surface area contributed by atoms with Crippen molar-refractivity contribution in [2.45, 2.75) is 38.4 Å². The number of alkyl halides is 3. The number of amides is 1. The van der Waals surface area contributed by atoms with Crippen LogP contribution < -0.4 is 4.90 Å². The van der Waals surface area contributed by atoms with E-state index in [-0.39, 0.29) is 18.4 Å². The van der Waals surface area contributed by atoms with Gasteiger partial charge in [-0.15, -0.1) is 0 Å². The first-order chi connectivity index (χ1) is 11.4. The minimum atomic E-state index is -4.33. The zero-order valence-electron chi connectivity index (χ0n) is 13.3. The molecule has 0 N–H and O–H groups in total. The molecule has 0 aromatic heterocycles. The van der Waals surface area contributed by atoms with E-state index in [9.17, 15) is 18.0 Å². The Hall–Kier alpha value is -2.30. The summed E-state index contributed by atoms with van der Waals surface area (Å²) in [5.74, 6) is 0.00680. The molecular formula is C19H18F3NO. The Morgan fingerprint density at radius 1 is 1.12 bits per heavy atom. The monoisotopic (exact) mass is 333 g/mol. The number of nitrogens with zero attached hydrogens (tertiary/aromatic N) is 1. The van der Waals surface area contributed by atoms with Gasteiger partial charge in [0, 0.05) is 18.2 Å². The SMILES string of the molecule is CC1Cc2ccccc2N1C(=O)CCc1ccc(C(F)(F)F)cc1. The van der Waals surface area contributed by atoms with Gasteiger partial charge in [0.05, 0.1) is 5.56 Å². The summed E-state index contributed by atoms with van der Waals surface area (Å²) in [5.41, 5.74) is 2.17. The number of fused-ring (bicyclic) bond motifs is 1. The van der Waals surface area contributed by atoms with Gasteiger partial charge in [0.2, 0.25) is 5.91 Å². The van der Waals surface area contributed by atoms with Gasteiger partial charge in [0.1, 0.15) is 0 Å². The van der Waals surface area contributed by atoms with Crippen molar-refractivity contribution in [3.05, 3.63) is 65.2 Å². The molecule has 1 aliphatic heterocycles. The Bertz CT molecular complexity index is 737. The molecular weight excluding hydrogens is 315 g/mol. The summed E-state index contributed by atoms with van der Waals surface area (Å²) in [5, 5.41) is 0. The van der Waals surface area contributed by atoms with E-state index < -0.39 is 11.7 Å². The fourth-order valence-electron chi connectivity index (χ4n) is 3.18. The zero-order chi connectivity index (χ0) is 17.3. The van der Waals surface area contributed by atoms with E-state index in [4.69, 9.17) is 0 Å². The van der Waals surface area contributed by atoms with Crippen molar-refractivity contribution in [2.75, 3.05) is 4.90 Å². The van der Waals surface area contributed by atoms with Crippen LogP contribution in [0.1, 0.15) is 30.0 Å². The van der Waals surface area contributed by atoms with Crippen LogP contribution in [-0.2, 0) is 23.8 Å². The summed E-state index contributed by atoms with van der Waals surface area (Å²) >= 11 is 0. The molecule has 0 aliphatic carbocycles. The Morgan fingerprint density at radius 2 is 1.79 bits per heavy atom. The highest BCUT2D eigenvalue weighted by Gasteiger charge is 2.31. The molecule has 24 heavy (non-hydrogen) atoms. The topological polar surface area (TPSA) is 20.3 Å². The number of hydrogen-bond donors (Lipinski definition) is 0. The molecule has 1 heterocycles. The summed E-state index contributed by atoms with van der Waals surface area (Å²) in [6, 6.07) is 13.0. The minimum absolute atomic E-state index is 0.00680. The van der Waals surface area contributed by atoms with Crippen molar-refractivity contribution in [2.24, 2.45) is 0 Å². The van der Waals surface area contributed by atoms with Gasteiger partial charge in [-0.2, -0.15) is 13.2 Å². The number of anilines is 1. The van der Waals surface area contributed by atoms with E-state index in [1.165, 1.54) is 12.1 Å². The smallest absolute Gasteiger partial charge is 0.309 e. The van der Waals surface area contributed by atoms with E-state index in [1.54, 1.807) is 4.90 Å². The lowest BCUT2D eigenvalue weighted by Gasteiger charge is -2.22. The second-order valence-electron chi connectivity index (χ2n) is 6.14. The van der Waals surface area contributed by atoms with Crippen molar-refractivity contribution >= 4 is 11.6 Å². The first-order valence-corrected chi connectivity index (χ1v) is 7.92. The molecule has 0 bridgehead atoms. The highest BCUT2D eigenvalue weighted by molar-refractivity contribution is 5.96. The fourth-order valence-corrected chi connectivity index (χ4v) is 3.18. The van der Waals surface area contributed by atoms with Gasteiger partial charge in [0.25, 0.3) is 0 Å². The van der Waals surface area contributed by atoms with E-state index in [0.29, 0.717) is 6.42 Å². The number of benzene rings is 2. The van der Waals surface area contributed by atoms with E-state index in [1.807, 2.05) is 31.2 Å². The highest BCUT2D eigenvalue weighted by atomic mass is 19.4. The Kier molecular flexibility index (Phi) is 4.35. The molecule has 0 saturated heterocycles. The summed E-state index contributed by atoms with van der Waals surface area (Å²) in [6.45, 7) is 2.01. The lowest BCUT2D eigenvalue weighted by Crippen LogP contribution is -2.35. The number of carbonyl (C=O) groups excluding carboxylic acids is 1. The van der Waals surface area contributed by atoms with Crippen LogP contribution >= 0.6 is 0 Å². The molecule has 2 aromatic rings. The maximum Gasteiger partial charge on any atom is 0.416 e. The predicted octanol–water partition coefficient (Wildman–Crippen LogP) is 4.62. The molecule has 2 aromatic carbocycles. The second kappa shape index (κ2) is 6.30. The molecule has 0 radical (unpaired) electrons. The molecule has 1 atom stereocenters. The maximum atomic E-state index is 12.6. The number of para-hydroxylation sites is 1. The second-order valence-corrected chi connectivity index (χ2v) is 6.14. The van der Waals surface area contributed by atoms with Gasteiger partial charge in [-0.05, 0) is 49.1 Å². The average Bonchev–Trinajstić information content (AvgIpc) is 2.88. The quantitative estimate of drug-likeness (QED) is 0.803. The molecule has 0 fully saturated rings. The van der Waals surface area contributed by atoms with Crippen molar-refractivity contribution in [1.29, 1.82) is 0 Å². The van der Waals surface area contributed by atoms with E-state index >= 15 is 0 Å². The third-order valence-electron chi connectivity index (χ3n) is 4.38. The predicted molar refractivity (Wildman–Crippen MR) is 86.9 cm³/mol. The largest absolute Gasteiger partial charge is 0.416 e. The van der Waals surface area contributed by atoms with E-state index in [2.05, 4.69) is 0 Å². The Labute approximate surface area is 138 Å². The van der Waals surface area contributed by atoms with Crippen LogP contribution in [0.15, 0.2) is 48.5 Å². The third kappa shape index (κ3) is 3.30.